The van der Waals surface area contributed by atoms with Gasteiger partial charge in [0.2, 0.25) is 5.91 Å². The maximum absolute atomic E-state index is 12.9. The van der Waals surface area contributed by atoms with Gasteiger partial charge in [0, 0.05) is 43.2 Å². The Morgan fingerprint density at radius 3 is 2.62 bits per heavy atom. The summed E-state index contributed by atoms with van der Waals surface area (Å²) >= 11 is 12.9. The van der Waals surface area contributed by atoms with E-state index in [2.05, 4.69) is 5.16 Å². The van der Waals surface area contributed by atoms with E-state index in [0.717, 1.165) is 48.1 Å². The van der Waals surface area contributed by atoms with Crippen molar-refractivity contribution in [1.82, 2.24) is 10.1 Å². The number of ether oxygens (including phenoxy) is 2. The summed E-state index contributed by atoms with van der Waals surface area (Å²) in [5, 5.41) is 5.35. The quantitative estimate of drug-likeness (QED) is 0.183. The molecule has 2 aromatic carbocycles. The monoisotopic (exact) mass is 570 g/mol. The predicted octanol–water partition coefficient (Wildman–Crippen LogP) is 6.97. The molecule has 2 aliphatic rings. The van der Waals surface area contributed by atoms with Gasteiger partial charge in [0.25, 0.3) is 0 Å². The molecule has 1 aliphatic carbocycles. The van der Waals surface area contributed by atoms with Crippen molar-refractivity contribution < 1.29 is 23.6 Å². The highest BCUT2D eigenvalue weighted by molar-refractivity contribution is 6.39. The SMILES string of the molecule is CCOC(=O)c1cccc2c1CCN(C(=O)CCCCOCc1c(-c3c(Cl)cccc3Cl)noc1C1CC1)C2. The van der Waals surface area contributed by atoms with Crippen LogP contribution < -0.4 is 0 Å². The number of esters is 1. The molecule has 0 radical (unpaired) electrons. The first-order valence-corrected chi connectivity index (χ1v) is 14.3. The van der Waals surface area contributed by atoms with Crippen LogP contribution in [0, 0.1) is 0 Å². The lowest BCUT2D eigenvalue weighted by atomic mass is 9.94. The van der Waals surface area contributed by atoms with Gasteiger partial charge in [-0.1, -0.05) is 46.6 Å². The Morgan fingerprint density at radius 2 is 1.87 bits per heavy atom. The van der Waals surface area contributed by atoms with Gasteiger partial charge in [-0.05, 0) is 68.4 Å². The van der Waals surface area contributed by atoms with Gasteiger partial charge in [0.05, 0.1) is 28.8 Å². The zero-order valence-corrected chi connectivity index (χ0v) is 23.5. The van der Waals surface area contributed by atoms with Gasteiger partial charge in [0.15, 0.2) is 0 Å². The van der Waals surface area contributed by atoms with Gasteiger partial charge in [-0.25, -0.2) is 4.79 Å². The number of fused-ring (bicyclic) bond motifs is 1. The van der Waals surface area contributed by atoms with Crippen LogP contribution in [0.2, 0.25) is 10.0 Å². The van der Waals surface area contributed by atoms with E-state index in [4.69, 9.17) is 37.2 Å². The molecule has 0 N–H and O–H groups in total. The number of unbranched alkanes of at least 4 members (excludes halogenated alkanes) is 1. The Balaban J connectivity index is 1.11. The van der Waals surface area contributed by atoms with E-state index in [1.807, 2.05) is 17.0 Å². The normalized spacial score (nSPS) is 14.8. The van der Waals surface area contributed by atoms with E-state index in [1.165, 1.54) is 0 Å². The maximum Gasteiger partial charge on any atom is 0.338 e. The summed E-state index contributed by atoms with van der Waals surface area (Å²) in [6.45, 7) is 4.13. The molecule has 9 heteroatoms. The fraction of sp³-hybridized carbons (Fsp3) is 0.433. The van der Waals surface area contributed by atoms with Crippen LogP contribution >= 0.6 is 23.2 Å². The molecule has 0 bridgehead atoms. The van der Waals surface area contributed by atoms with Gasteiger partial charge in [-0.2, -0.15) is 0 Å². The average molecular weight is 572 g/mol. The van der Waals surface area contributed by atoms with E-state index in [0.29, 0.717) is 78.5 Å². The molecule has 2 heterocycles. The molecule has 1 saturated carbocycles. The van der Waals surface area contributed by atoms with E-state index >= 15 is 0 Å². The fourth-order valence-electron chi connectivity index (χ4n) is 5.08. The van der Waals surface area contributed by atoms with Gasteiger partial charge >= 0.3 is 5.97 Å². The van der Waals surface area contributed by atoms with Crippen LogP contribution in [-0.2, 0) is 33.8 Å². The Labute approximate surface area is 238 Å². The second-order valence-electron chi connectivity index (χ2n) is 9.98. The second-order valence-corrected chi connectivity index (χ2v) is 10.8. The third-order valence-electron chi connectivity index (χ3n) is 7.26. The average Bonchev–Trinajstić information content (AvgIpc) is 3.70. The van der Waals surface area contributed by atoms with Gasteiger partial charge in [-0.3, -0.25) is 4.79 Å². The molecular formula is C30H32Cl2N2O5. The Bertz CT molecular complexity index is 1330. The molecule has 0 spiro atoms. The molecule has 1 fully saturated rings. The first-order valence-electron chi connectivity index (χ1n) is 13.5. The number of carbonyl (C=O) groups excluding carboxylic acids is 2. The number of benzene rings is 2. The van der Waals surface area contributed by atoms with Crippen LogP contribution in [0.4, 0.5) is 0 Å². The lowest BCUT2D eigenvalue weighted by Gasteiger charge is -2.30. The molecule has 39 heavy (non-hydrogen) atoms. The van der Waals surface area contributed by atoms with Crippen molar-refractivity contribution in [3.8, 4) is 11.3 Å². The van der Waals surface area contributed by atoms with E-state index < -0.39 is 0 Å². The predicted molar refractivity (Wildman–Crippen MR) is 149 cm³/mol. The first kappa shape index (κ1) is 27.7. The van der Waals surface area contributed by atoms with Crippen LogP contribution in [0.1, 0.15) is 77.8 Å². The first-order chi connectivity index (χ1) is 19.0. The standard InChI is InChI=1S/C30H32Cl2N2O5/c1-2-38-30(36)22-8-5-7-20-17-34(15-14-21(20)22)26(35)11-3-4-16-37-18-23-28(33-39-29(23)19-12-13-19)27-24(31)9-6-10-25(27)32/h5-10,19H,2-4,11-18H2,1H3. The third kappa shape index (κ3) is 6.32. The van der Waals surface area contributed by atoms with Crippen LogP contribution in [0.3, 0.4) is 0 Å². The van der Waals surface area contributed by atoms with Crippen LogP contribution in [0.15, 0.2) is 40.9 Å². The second kappa shape index (κ2) is 12.5. The number of rotatable bonds is 11. The van der Waals surface area contributed by atoms with E-state index in [-0.39, 0.29) is 11.9 Å². The van der Waals surface area contributed by atoms with Crippen molar-refractivity contribution in [2.75, 3.05) is 19.8 Å². The molecule has 1 aromatic heterocycles. The molecule has 5 rings (SSSR count). The van der Waals surface area contributed by atoms with Crippen molar-refractivity contribution in [3.05, 3.63) is 74.5 Å². The summed E-state index contributed by atoms with van der Waals surface area (Å²) in [5.41, 5.74) is 4.81. The topological polar surface area (TPSA) is 81.9 Å². The van der Waals surface area contributed by atoms with Crippen molar-refractivity contribution in [2.45, 2.75) is 64.5 Å². The minimum atomic E-state index is -0.299. The molecular weight excluding hydrogens is 539 g/mol. The van der Waals surface area contributed by atoms with E-state index in [9.17, 15) is 9.59 Å². The zero-order valence-electron chi connectivity index (χ0n) is 22.0. The number of aromatic nitrogens is 1. The van der Waals surface area contributed by atoms with Crippen LogP contribution in [0.5, 0.6) is 0 Å². The van der Waals surface area contributed by atoms with Crippen molar-refractivity contribution >= 4 is 35.1 Å². The third-order valence-corrected chi connectivity index (χ3v) is 7.89. The lowest BCUT2D eigenvalue weighted by Crippen LogP contribution is -2.36. The molecule has 0 unspecified atom stereocenters. The minimum absolute atomic E-state index is 0.118. The highest BCUT2D eigenvalue weighted by Gasteiger charge is 2.33. The largest absolute Gasteiger partial charge is 0.462 e. The Morgan fingerprint density at radius 1 is 1.10 bits per heavy atom. The Kier molecular flexibility index (Phi) is 8.90. The number of nitrogens with zero attached hydrogens (tertiary/aromatic N) is 2. The summed E-state index contributed by atoms with van der Waals surface area (Å²) in [4.78, 5) is 27.0. The van der Waals surface area contributed by atoms with Gasteiger partial charge in [0.1, 0.15) is 11.5 Å². The number of carbonyl (C=O) groups is 2. The fourth-order valence-corrected chi connectivity index (χ4v) is 5.66. The van der Waals surface area contributed by atoms with Crippen LogP contribution in [-0.4, -0.2) is 41.7 Å². The van der Waals surface area contributed by atoms with Gasteiger partial charge in [-0.15, -0.1) is 0 Å². The number of hydrogen-bond acceptors (Lipinski definition) is 6. The number of amides is 1. The summed E-state index contributed by atoms with van der Waals surface area (Å²) in [6.07, 6.45) is 4.75. The van der Waals surface area contributed by atoms with Crippen molar-refractivity contribution in [1.29, 1.82) is 0 Å². The molecule has 7 nitrogen and oxygen atoms in total. The Hall–Kier alpha value is -2.87. The van der Waals surface area contributed by atoms with Crippen molar-refractivity contribution in [2.24, 2.45) is 0 Å². The molecule has 0 atom stereocenters. The minimum Gasteiger partial charge on any atom is -0.462 e. The smallest absolute Gasteiger partial charge is 0.338 e. The van der Waals surface area contributed by atoms with Crippen molar-refractivity contribution in [3.63, 3.8) is 0 Å². The molecule has 1 amide bonds. The lowest BCUT2D eigenvalue weighted by molar-refractivity contribution is -0.132. The van der Waals surface area contributed by atoms with Crippen LogP contribution in [0.25, 0.3) is 11.3 Å². The summed E-state index contributed by atoms with van der Waals surface area (Å²) in [7, 11) is 0. The zero-order chi connectivity index (χ0) is 27.4. The summed E-state index contributed by atoms with van der Waals surface area (Å²) in [6, 6.07) is 11.0. The van der Waals surface area contributed by atoms with Gasteiger partial charge < -0.3 is 18.9 Å². The summed E-state index contributed by atoms with van der Waals surface area (Å²) in [5.74, 6) is 1.04. The molecule has 3 aromatic rings. The highest BCUT2D eigenvalue weighted by atomic mass is 35.5. The van der Waals surface area contributed by atoms with E-state index in [1.54, 1.807) is 31.2 Å². The molecule has 0 saturated heterocycles. The molecule has 1 aliphatic heterocycles. The maximum atomic E-state index is 12.9. The number of halogens is 2. The highest BCUT2D eigenvalue weighted by Crippen LogP contribution is 2.46. The summed E-state index contributed by atoms with van der Waals surface area (Å²) < 4.78 is 16.9. The molecule has 206 valence electrons. The number of hydrogen-bond donors (Lipinski definition) is 0.